The zero-order valence-corrected chi connectivity index (χ0v) is 14.2. The van der Waals surface area contributed by atoms with Gasteiger partial charge in [0.05, 0.1) is 23.7 Å². The van der Waals surface area contributed by atoms with Crippen LogP contribution >= 0.6 is 11.6 Å². The number of fused-ring (bicyclic) bond motifs is 1. The zero-order chi connectivity index (χ0) is 17.4. The fourth-order valence-corrected chi connectivity index (χ4v) is 2.65. The van der Waals surface area contributed by atoms with Crippen molar-refractivity contribution >= 4 is 29.4 Å². The second kappa shape index (κ2) is 6.35. The number of halogens is 2. The van der Waals surface area contributed by atoms with Gasteiger partial charge in [0.2, 0.25) is 0 Å². The molecule has 1 aromatic carbocycles. The molecule has 0 N–H and O–H groups in total. The number of esters is 1. The second-order valence-corrected chi connectivity index (χ2v) is 6.73. The molecule has 0 fully saturated rings. The molecular weight excluding hydrogens is 325 g/mol. The van der Waals surface area contributed by atoms with E-state index in [1.54, 1.807) is 20.8 Å². The van der Waals surface area contributed by atoms with E-state index in [0.29, 0.717) is 17.7 Å². The summed E-state index contributed by atoms with van der Waals surface area (Å²) in [5, 5.41) is -0.122. The fourth-order valence-electron chi connectivity index (χ4n) is 2.49. The molecule has 1 amide bonds. The molecule has 0 saturated heterocycles. The Morgan fingerprint density at radius 2 is 2.00 bits per heavy atom. The maximum atomic E-state index is 13.8. The molecule has 126 valence electrons. The summed E-state index contributed by atoms with van der Waals surface area (Å²) in [6, 6.07) is 2.51. The van der Waals surface area contributed by atoms with Gasteiger partial charge in [0.25, 0.3) is 0 Å². The Kier molecular flexibility index (Phi) is 4.84. The number of hydrogen-bond donors (Lipinski definition) is 0. The topological polar surface area (TPSA) is 55.8 Å². The first-order chi connectivity index (χ1) is 10.6. The van der Waals surface area contributed by atoms with Crippen molar-refractivity contribution in [2.24, 2.45) is 0 Å². The molecule has 1 aromatic rings. The molecule has 2 rings (SSSR count). The van der Waals surface area contributed by atoms with Gasteiger partial charge in [-0.05, 0) is 44.9 Å². The SMILES string of the molecule is COC(=O)C1CCN(C(=O)OC(C)(C)C)c2cc(Cl)c(F)cc21. The number of rotatable bonds is 1. The Bertz CT molecular complexity index is 642. The zero-order valence-electron chi connectivity index (χ0n) is 13.5. The molecule has 0 spiro atoms. The van der Waals surface area contributed by atoms with Crippen molar-refractivity contribution in [2.75, 3.05) is 18.6 Å². The molecule has 0 bridgehead atoms. The summed E-state index contributed by atoms with van der Waals surface area (Å²) in [4.78, 5) is 25.7. The van der Waals surface area contributed by atoms with Crippen molar-refractivity contribution in [2.45, 2.75) is 38.7 Å². The highest BCUT2D eigenvalue weighted by molar-refractivity contribution is 6.31. The van der Waals surface area contributed by atoms with Crippen molar-refractivity contribution < 1.29 is 23.5 Å². The van der Waals surface area contributed by atoms with Crippen LogP contribution < -0.4 is 4.90 Å². The minimum absolute atomic E-state index is 0.122. The third-order valence-electron chi connectivity index (χ3n) is 3.48. The summed E-state index contributed by atoms with van der Waals surface area (Å²) >= 11 is 5.84. The fraction of sp³-hybridized carbons (Fsp3) is 0.500. The van der Waals surface area contributed by atoms with Gasteiger partial charge in [-0.25, -0.2) is 9.18 Å². The van der Waals surface area contributed by atoms with E-state index in [0.717, 1.165) is 0 Å². The van der Waals surface area contributed by atoms with Gasteiger partial charge in [-0.3, -0.25) is 9.69 Å². The van der Waals surface area contributed by atoms with E-state index in [9.17, 15) is 14.0 Å². The normalized spacial score (nSPS) is 17.5. The Hall–Kier alpha value is -1.82. The van der Waals surface area contributed by atoms with Crippen LogP contribution in [-0.2, 0) is 14.3 Å². The summed E-state index contributed by atoms with van der Waals surface area (Å²) in [5.74, 6) is -1.76. The first-order valence-corrected chi connectivity index (χ1v) is 7.59. The molecule has 0 aromatic heterocycles. The van der Waals surface area contributed by atoms with Crippen LogP contribution in [0, 0.1) is 5.82 Å². The first-order valence-electron chi connectivity index (χ1n) is 7.21. The third-order valence-corrected chi connectivity index (χ3v) is 3.77. The van der Waals surface area contributed by atoms with E-state index in [4.69, 9.17) is 21.1 Å². The van der Waals surface area contributed by atoms with Gasteiger partial charge < -0.3 is 9.47 Å². The van der Waals surface area contributed by atoms with Crippen molar-refractivity contribution in [1.29, 1.82) is 0 Å². The van der Waals surface area contributed by atoms with Crippen molar-refractivity contribution in [3.8, 4) is 0 Å². The van der Waals surface area contributed by atoms with E-state index in [1.807, 2.05) is 0 Å². The van der Waals surface area contributed by atoms with Crippen LogP contribution in [0.4, 0.5) is 14.9 Å². The highest BCUT2D eigenvalue weighted by atomic mass is 35.5. The molecule has 23 heavy (non-hydrogen) atoms. The summed E-state index contributed by atoms with van der Waals surface area (Å²) < 4.78 is 24.0. The summed E-state index contributed by atoms with van der Waals surface area (Å²) in [6.07, 6.45) is -0.246. The Labute approximate surface area is 139 Å². The minimum atomic E-state index is -0.666. The largest absolute Gasteiger partial charge is 0.469 e. The average Bonchev–Trinajstić information content (AvgIpc) is 2.44. The smallest absolute Gasteiger partial charge is 0.414 e. The summed E-state index contributed by atoms with van der Waals surface area (Å²) in [5.41, 5.74) is 0.0726. The van der Waals surface area contributed by atoms with E-state index in [-0.39, 0.29) is 11.6 Å². The lowest BCUT2D eigenvalue weighted by atomic mass is 9.90. The number of hydrogen-bond acceptors (Lipinski definition) is 4. The predicted octanol–water partition coefficient (Wildman–Crippen LogP) is 3.88. The van der Waals surface area contributed by atoms with Crippen LogP contribution in [-0.4, -0.2) is 31.3 Å². The molecule has 1 heterocycles. The van der Waals surface area contributed by atoms with Crippen LogP contribution in [0.5, 0.6) is 0 Å². The van der Waals surface area contributed by atoms with Gasteiger partial charge in [-0.15, -0.1) is 0 Å². The minimum Gasteiger partial charge on any atom is -0.469 e. The van der Waals surface area contributed by atoms with Gasteiger partial charge in [-0.1, -0.05) is 11.6 Å². The lowest BCUT2D eigenvalue weighted by molar-refractivity contribution is -0.142. The molecule has 1 aliphatic rings. The maximum Gasteiger partial charge on any atom is 0.414 e. The summed E-state index contributed by atoms with van der Waals surface area (Å²) in [6.45, 7) is 5.52. The van der Waals surface area contributed by atoms with Crippen LogP contribution in [0.15, 0.2) is 12.1 Å². The first kappa shape index (κ1) is 17.5. The van der Waals surface area contributed by atoms with Gasteiger partial charge in [-0.2, -0.15) is 0 Å². The number of ether oxygens (including phenoxy) is 2. The monoisotopic (exact) mass is 343 g/mol. The number of benzene rings is 1. The van der Waals surface area contributed by atoms with Crippen molar-refractivity contribution in [3.05, 3.63) is 28.5 Å². The highest BCUT2D eigenvalue weighted by Gasteiger charge is 2.36. The maximum absolute atomic E-state index is 13.8. The number of nitrogens with zero attached hydrogens (tertiary/aromatic N) is 1. The molecule has 5 nitrogen and oxygen atoms in total. The molecule has 1 unspecified atom stereocenters. The number of carbonyl (C=O) groups is 2. The molecule has 0 aliphatic carbocycles. The van der Waals surface area contributed by atoms with Gasteiger partial charge in [0.1, 0.15) is 11.4 Å². The summed E-state index contributed by atoms with van der Waals surface area (Å²) in [7, 11) is 1.27. The van der Waals surface area contributed by atoms with Crippen LogP contribution in [0.25, 0.3) is 0 Å². The van der Waals surface area contributed by atoms with Gasteiger partial charge >= 0.3 is 12.1 Å². The predicted molar refractivity (Wildman–Crippen MR) is 84.4 cm³/mol. The standard InChI is InChI=1S/C16H19ClFNO4/c1-16(2,3)23-15(21)19-6-5-9(14(20)22-4)10-7-12(18)11(17)8-13(10)19/h7-9H,5-6H2,1-4H3. The molecular formula is C16H19ClFNO4. The Balaban J connectivity index is 2.45. The van der Waals surface area contributed by atoms with Gasteiger partial charge in [0, 0.05) is 6.54 Å². The average molecular weight is 344 g/mol. The Morgan fingerprint density at radius 1 is 1.35 bits per heavy atom. The van der Waals surface area contributed by atoms with Crippen LogP contribution in [0.3, 0.4) is 0 Å². The Morgan fingerprint density at radius 3 is 2.57 bits per heavy atom. The molecule has 1 atom stereocenters. The molecule has 0 saturated carbocycles. The third kappa shape index (κ3) is 3.75. The molecule has 7 heteroatoms. The lowest BCUT2D eigenvalue weighted by Crippen LogP contribution is -2.41. The second-order valence-electron chi connectivity index (χ2n) is 6.32. The van der Waals surface area contributed by atoms with E-state index >= 15 is 0 Å². The van der Waals surface area contributed by atoms with Gasteiger partial charge in [0.15, 0.2) is 0 Å². The number of anilines is 1. The molecule has 1 aliphatic heterocycles. The van der Waals surface area contributed by atoms with Crippen LogP contribution in [0.1, 0.15) is 38.7 Å². The van der Waals surface area contributed by atoms with E-state index in [1.165, 1.54) is 24.1 Å². The van der Waals surface area contributed by atoms with Crippen molar-refractivity contribution in [3.63, 3.8) is 0 Å². The lowest BCUT2D eigenvalue weighted by Gasteiger charge is -2.34. The highest BCUT2D eigenvalue weighted by Crippen LogP contribution is 2.39. The number of amides is 1. The number of carbonyl (C=O) groups excluding carboxylic acids is 2. The van der Waals surface area contributed by atoms with Crippen LogP contribution in [0.2, 0.25) is 5.02 Å². The quantitative estimate of drug-likeness (QED) is 0.726. The molecule has 0 radical (unpaired) electrons. The van der Waals surface area contributed by atoms with E-state index < -0.39 is 29.4 Å². The number of methoxy groups -OCH3 is 1. The van der Waals surface area contributed by atoms with E-state index in [2.05, 4.69) is 0 Å². The van der Waals surface area contributed by atoms with Crippen molar-refractivity contribution in [1.82, 2.24) is 0 Å².